The lowest BCUT2D eigenvalue weighted by molar-refractivity contribution is -0.145. The van der Waals surface area contributed by atoms with Crippen LogP contribution in [0.3, 0.4) is 0 Å². The summed E-state index contributed by atoms with van der Waals surface area (Å²) in [6.07, 6.45) is 0. The molecule has 0 radical (unpaired) electrons. The van der Waals surface area contributed by atoms with Gasteiger partial charge in [-0.25, -0.2) is 4.39 Å². The predicted molar refractivity (Wildman–Crippen MR) is 77.2 cm³/mol. The van der Waals surface area contributed by atoms with Gasteiger partial charge in [-0.05, 0) is 6.07 Å². The molecule has 1 saturated heterocycles. The van der Waals surface area contributed by atoms with Crippen LogP contribution in [0.25, 0.3) is 0 Å². The molecular formula is C15H19FN2O4. The molecule has 7 heteroatoms. The number of hydrogen-bond donors (Lipinski definition) is 1. The van der Waals surface area contributed by atoms with Crippen LogP contribution in [0, 0.1) is 5.82 Å². The Morgan fingerprint density at radius 2 is 1.91 bits per heavy atom. The number of carboxylic acid groups (broad SMARTS) is 1. The summed E-state index contributed by atoms with van der Waals surface area (Å²) in [5, 5.41) is 9.57. The van der Waals surface area contributed by atoms with Crippen LogP contribution in [-0.4, -0.2) is 60.1 Å². The van der Waals surface area contributed by atoms with Gasteiger partial charge in [0.05, 0.1) is 7.11 Å². The summed E-state index contributed by atoms with van der Waals surface area (Å²) in [5.41, 5.74) is 0.410. The first-order valence-corrected chi connectivity index (χ1v) is 7.00. The zero-order chi connectivity index (χ0) is 16.3. The molecule has 0 aliphatic carbocycles. The number of nitrogens with zero attached hydrogens (tertiary/aromatic N) is 2. The van der Waals surface area contributed by atoms with Crippen molar-refractivity contribution in [1.82, 2.24) is 9.80 Å². The Morgan fingerprint density at radius 1 is 1.27 bits per heavy atom. The number of halogens is 1. The van der Waals surface area contributed by atoms with Crippen molar-refractivity contribution < 1.29 is 23.8 Å². The van der Waals surface area contributed by atoms with Crippen LogP contribution in [-0.2, 0) is 9.59 Å². The third kappa shape index (κ3) is 3.36. The smallest absolute Gasteiger partial charge is 0.325 e. The van der Waals surface area contributed by atoms with Crippen LogP contribution in [0.5, 0.6) is 5.75 Å². The van der Waals surface area contributed by atoms with Gasteiger partial charge in [-0.1, -0.05) is 6.07 Å². The Morgan fingerprint density at radius 3 is 2.41 bits per heavy atom. The summed E-state index contributed by atoms with van der Waals surface area (Å²) >= 11 is 0. The molecule has 1 amide bonds. The second-order valence-electron chi connectivity index (χ2n) is 5.17. The van der Waals surface area contributed by atoms with E-state index in [1.807, 2.05) is 0 Å². The maximum Gasteiger partial charge on any atom is 0.325 e. The van der Waals surface area contributed by atoms with E-state index in [0.29, 0.717) is 31.7 Å². The zero-order valence-electron chi connectivity index (χ0n) is 12.6. The van der Waals surface area contributed by atoms with Gasteiger partial charge in [0.2, 0.25) is 5.91 Å². The molecule has 0 unspecified atom stereocenters. The molecule has 1 aromatic rings. The Kier molecular flexibility index (Phi) is 4.97. The molecule has 1 aliphatic rings. The number of hydrogen-bond acceptors (Lipinski definition) is 4. The summed E-state index contributed by atoms with van der Waals surface area (Å²) in [6.45, 7) is 3.33. The van der Waals surface area contributed by atoms with Gasteiger partial charge in [-0.15, -0.1) is 0 Å². The molecule has 1 atom stereocenters. The van der Waals surface area contributed by atoms with Crippen molar-refractivity contribution in [3.63, 3.8) is 0 Å². The quantitative estimate of drug-likeness (QED) is 0.902. The number of carbonyl (C=O) groups is 2. The fourth-order valence-electron chi connectivity index (χ4n) is 2.69. The third-order valence-corrected chi connectivity index (χ3v) is 3.85. The SMILES string of the molecule is COc1cc(F)ccc1[C@H](C(=O)O)N1CCN(C(C)=O)CC1. The first-order valence-electron chi connectivity index (χ1n) is 7.00. The lowest BCUT2D eigenvalue weighted by Gasteiger charge is -2.37. The number of amides is 1. The molecule has 6 nitrogen and oxygen atoms in total. The number of methoxy groups -OCH3 is 1. The van der Waals surface area contributed by atoms with Gasteiger partial charge in [-0.2, -0.15) is 0 Å². The highest BCUT2D eigenvalue weighted by molar-refractivity contribution is 5.77. The topological polar surface area (TPSA) is 70.1 Å². The molecule has 0 bridgehead atoms. The Hall–Kier alpha value is -2.15. The van der Waals surface area contributed by atoms with Crippen LogP contribution in [0.2, 0.25) is 0 Å². The van der Waals surface area contributed by atoms with Gasteiger partial charge in [-0.3, -0.25) is 14.5 Å². The molecule has 1 fully saturated rings. The van der Waals surface area contributed by atoms with Gasteiger partial charge in [0, 0.05) is 44.7 Å². The molecule has 22 heavy (non-hydrogen) atoms. The van der Waals surface area contributed by atoms with Gasteiger partial charge in [0.1, 0.15) is 17.6 Å². The number of benzene rings is 1. The first kappa shape index (κ1) is 16.2. The lowest BCUT2D eigenvalue weighted by Crippen LogP contribution is -2.50. The van der Waals surface area contributed by atoms with E-state index < -0.39 is 17.8 Å². The largest absolute Gasteiger partial charge is 0.496 e. The first-order chi connectivity index (χ1) is 10.4. The maximum atomic E-state index is 13.3. The van der Waals surface area contributed by atoms with E-state index >= 15 is 0 Å². The van der Waals surface area contributed by atoms with E-state index in [0.717, 1.165) is 0 Å². The van der Waals surface area contributed by atoms with Crippen LogP contribution in [0.15, 0.2) is 18.2 Å². The predicted octanol–water partition coefficient (Wildman–Crippen LogP) is 1.12. The molecule has 1 aromatic carbocycles. The van der Waals surface area contributed by atoms with Crippen molar-refractivity contribution >= 4 is 11.9 Å². The fourth-order valence-corrected chi connectivity index (χ4v) is 2.69. The second kappa shape index (κ2) is 6.74. The van der Waals surface area contributed by atoms with Crippen LogP contribution in [0.4, 0.5) is 4.39 Å². The van der Waals surface area contributed by atoms with Crippen molar-refractivity contribution in [2.45, 2.75) is 13.0 Å². The van der Waals surface area contributed by atoms with Crippen LogP contribution < -0.4 is 4.74 Å². The monoisotopic (exact) mass is 310 g/mol. The molecule has 0 saturated carbocycles. The average Bonchev–Trinajstić information content (AvgIpc) is 2.49. The van der Waals surface area contributed by atoms with Gasteiger partial charge < -0.3 is 14.7 Å². The molecule has 0 spiro atoms. The van der Waals surface area contributed by atoms with E-state index in [2.05, 4.69) is 0 Å². The Balaban J connectivity index is 2.25. The number of piperazine rings is 1. The summed E-state index contributed by atoms with van der Waals surface area (Å²) in [4.78, 5) is 26.5. The van der Waals surface area contributed by atoms with E-state index in [1.165, 1.54) is 32.2 Å². The van der Waals surface area contributed by atoms with Gasteiger partial charge in [0.25, 0.3) is 0 Å². The van der Waals surface area contributed by atoms with Gasteiger partial charge >= 0.3 is 5.97 Å². The standard InChI is InChI=1S/C15H19FN2O4/c1-10(19)17-5-7-18(8-6-17)14(15(20)21)12-4-3-11(16)9-13(12)22-2/h3-4,9,14H,5-8H2,1-2H3,(H,20,21)/t14-/m1/s1. The van der Waals surface area contributed by atoms with E-state index in [-0.39, 0.29) is 11.7 Å². The van der Waals surface area contributed by atoms with Gasteiger partial charge in [0.15, 0.2) is 0 Å². The van der Waals surface area contributed by atoms with E-state index in [9.17, 15) is 19.1 Å². The summed E-state index contributed by atoms with van der Waals surface area (Å²) in [5.74, 6) is -1.32. The molecule has 2 rings (SSSR count). The summed E-state index contributed by atoms with van der Waals surface area (Å²) < 4.78 is 18.4. The highest BCUT2D eigenvalue weighted by Crippen LogP contribution is 2.31. The number of carbonyl (C=O) groups excluding carboxylic acids is 1. The van der Waals surface area contributed by atoms with Crippen molar-refractivity contribution in [3.8, 4) is 5.75 Å². The molecule has 0 aromatic heterocycles. The Labute approximate surface area is 128 Å². The molecule has 120 valence electrons. The normalized spacial score (nSPS) is 17.1. The number of rotatable bonds is 4. The molecule has 1 N–H and O–H groups in total. The molecular weight excluding hydrogens is 291 g/mol. The Bertz CT molecular complexity index is 571. The average molecular weight is 310 g/mol. The molecule has 1 aliphatic heterocycles. The highest BCUT2D eigenvalue weighted by Gasteiger charge is 2.32. The van der Waals surface area contributed by atoms with Crippen molar-refractivity contribution in [2.75, 3.05) is 33.3 Å². The number of carboxylic acids is 1. The fraction of sp³-hybridized carbons (Fsp3) is 0.467. The lowest BCUT2D eigenvalue weighted by atomic mass is 10.0. The zero-order valence-corrected chi connectivity index (χ0v) is 12.6. The summed E-state index contributed by atoms with van der Waals surface area (Å²) in [7, 11) is 1.38. The van der Waals surface area contributed by atoms with Crippen molar-refractivity contribution in [2.24, 2.45) is 0 Å². The minimum Gasteiger partial charge on any atom is -0.496 e. The van der Waals surface area contributed by atoms with Crippen molar-refractivity contribution in [3.05, 3.63) is 29.6 Å². The molecule has 1 heterocycles. The number of aliphatic carboxylic acids is 1. The van der Waals surface area contributed by atoms with Crippen molar-refractivity contribution in [1.29, 1.82) is 0 Å². The van der Waals surface area contributed by atoms with Crippen LogP contribution in [0.1, 0.15) is 18.5 Å². The minimum absolute atomic E-state index is 0.0223. The minimum atomic E-state index is -1.03. The van der Waals surface area contributed by atoms with E-state index in [4.69, 9.17) is 4.74 Å². The maximum absolute atomic E-state index is 13.3. The van der Waals surface area contributed by atoms with Crippen LogP contribution >= 0.6 is 0 Å². The van der Waals surface area contributed by atoms with E-state index in [1.54, 1.807) is 9.80 Å². The third-order valence-electron chi connectivity index (χ3n) is 3.85. The summed E-state index contributed by atoms with van der Waals surface area (Å²) in [6, 6.07) is 2.91. The highest BCUT2D eigenvalue weighted by atomic mass is 19.1. The second-order valence-corrected chi connectivity index (χ2v) is 5.17. The number of ether oxygens (including phenoxy) is 1.